The Hall–Kier alpha value is -2.28. The number of hydrogen-bond acceptors (Lipinski definition) is 2. The zero-order valence-corrected chi connectivity index (χ0v) is 14.6. The Morgan fingerprint density at radius 2 is 1.88 bits per heavy atom. The average molecular weight is 414 g/mol. The van der Waals surface area contributed by atoms with Crippen LogP contribution in [0.15, 0.2) is 59.1 Å². The monoisotopic (exact) mass is 413 g/mol. The maximum Gasteiger partial charge on any atom is 0.416 e. The highest BCUT2D eigenvalue weighted by Gasteiger charge is 2.30. The van der Waals surface area contributed by atoms with Crippen LogP contribution in [0.5, 0.6) is 0 Å². The molecule has 0 radical (unpaired) electrons. The Bertz CT molecular complexity index is 746. The molecule has 0 unspecified atom stereocenters. The number of halogens is 4. The largest absolute Gasteiger partial charge is 0.445 e. The van der Waals surface area contributed by atoms with Gasteiger partial charge in [0.05, 0.1) is 5.56 Å². The number of carbonyl (C=O) groups excluding carboxylic acids is 1. The number of carbonyl (C=O) groups is 1. The molecule has 0 spiro atoms. The number of alkyl carbamates (subject to hydrolysis) is 1. The minimum Gasteiger partial charge on any atom is -0.445 e. The number of alkyl halides is 3. The lowest BCUT2D eigenvalue weighted by molar-refractivity contribution is -0.137. The van der Waals surface area contributed by atoms with Gasteiger partial charge in [0.15, 0.2) is 0 Å². The summed E-state index contributed by atoms with van der Waals surface area (Å²) >= 11 is 3.06. The molecule has 2 aromatic carbocycles. The first-order valence-electron chi connectivity index (χ1n) is 7.33. The molecule has 0 aromatic heterocycles. The van der Waals surface area contributed by atoms with Crippen molar-refractivity contribution in [3.05, 3.63) is 75.8 Å². The molecule has 25 heavy (non-hydrogen) atoms. The predicted octanol–water partition coefficient (Wildman–Crippen LogP) is 5.41. The van der Waals surface area contributed by atoms with Gasteiger partial charge in [-0.15, -0.1) is 0 Å². The summed E-state index contributed by atoms with van der Waals surface area (Å²) in [6.07, 6.45) is -1.96. The van der Waals surface area contributed by atoms with E-state index >= 15 is 0 Å². The second-order valence-corrected chi connectivity index (χ2v) is 6.03. The first-order chi connectivity index (χ1) is 11.8. The van der Waals surface area contributed by atoms with Crippen molar-refractivity contribution in [2.45, 2.75) is 12.8 Å². The molecule has 0 aliphatic heterocycles. The molecule has 2 aromatic rings. The third-order valence-corrected chi connectivity index (χ3v) is 3.59. The first-order valence-corrected chi connectivity index (χ1v) is 8.13. The van der Waals surface area contributed by atoms with E-state index in [-0.39, 0.29) is 13.2 Å². The number of benzene rings is 2. The van der Waals surface area contributed by atoms with Crippen molar-refractivity contribution in [1.29, 1.82) is 0 Å². The van der Waals surface area contributed by atoms with Crippen LogP contribution in [0.4, 0.5) is 18.0 Å². The lowest BCUT2D eigenvalue weighted by Gasteiger charge is -2.08. The summed E-state index contributed by atoms with van der Waals surface area (Å²) in [5.74, 6) is 0. The maximum absolute atomic E-state index is 12.7. The van der Waals surface area contributed by atoms with Gasteiger partial charge in [0.1, 0.15) is 6.61 Å². The number of ether oxygens (including phenoxy) is 1. The SMILES string of the molecule is O=C(NCC=Cc1cc(Br)cc(C(F)(F)F)c1)OCc1ccccc1. The summed E-state index contributed by atoms with van der Waals surface area (Å²) in [7, 11) is 0. The Balaban J connectivity index is 1.83. The molecule has 0 fully saturated rings. The number of hydrogen-bond donors (Lipinski definition) is 1. The zero-order valence-electron chi connectivity index (χ0n) is 13.0. The van der Waals surface area contributed by atoms with Crippen molar-refractivity contribution >= 4 is 28.1 Å². The third-order valence-electron chi connectivity index (χ3n) is 3.13. The van der Waals surface area contributed by atoms with Crippen LogP contribution in [-0.2, 0) is 17.5 Å². The molecular formula is C18H15BrF3NO2. The van der Waals surface area contributed by atoms with Gasteiger partial charge >= 0.3 is 12.3 Å². The van der Waals surface area contributed by atoms with Crippen LogP contribution in [0.1, 0.15) is 16.7 Å². The molecule has 0 atom stereocenters. The van der Waals surface area contributed by atoms with Gasteiger partial charge in [0.2, 0.25) is 0 Å². The van der Waals surface area contributed by atoms with Gasteiger partial charge in [-0.05, 0) is 29.3 Å². The topological polar surface area (TPSA) is 38.3 Å². The van der Waals surface area contributed by atoms with E-state index in [0.717, 1.165) is 17.7 Å². The van der Waals surface area contributed by atoms with Crippen molar-refractivity contribution in [3.8, 4) is 0 Å². The zero-order chi connectivity index (χ0) is 18.3. The van der Waals surface area contributed by atoms with Crippen LogP contribution in [0.2, 0.25) is 0 Å². The molecule has 0 saturated heterocycles. The Labute approximate surface area is 151 Å². The van der Waals surface area contributed by atoms with E-state index in [4.69, 9.17) is 4.74 Å². The highest BCUT2D eigenvalue weighted by molar-refractivity contribution is 9.10. The molecule has 0 heterocycles. The van der Waals surface area contributed by atoms with E-state index in [0.29, 0.717) is 10.0 Å². The second-order valence-electron chi connectivity index (χ2n) is 5.12. The minimum absolute atomic E-state index is 0.140. The Morgan fingerprint density at radius 3 is 2.56 bits per heavy atom. The van der Waals surface area contributed by atoms with E-state index in [2.05, 4.69) is 21.2 Å². The van der Waals surface area contributed by atoms with E-state index < -0.39 is 17.8 Å². The predicted molar refractivity (Wildman–Crippen MR) is 92.8 cm³/mol. The van der Waals surface area contributed by atoms with Gasteiger partial charge in [0.25, 0.3) is 0 Å². The van der Waals surface area contributed by atoms with Gasteiger partial charge in [-0.3, -0.25) is 0 Å². The molecule has 0 aliphatic carbocycles. The maximum atomic E-state index is 12.7. The summed E-state index contributed by atoms with van der Waals surface area (Å²) in [6.45, 7) is 0.290. The van der Waals surface area contributed by atoms with Gasteiger partial charge in [-0.25, -0.2) is 4.79 Å². The summed E-state index contributed by atoms with van der Waals surface area (Å²) in [5, 5.41) is 2.50. The third kappa shape index (κ3) is 6.62. The lowest BCUT2D eigenvalue weighted by atomic mass is 10.1. The fraction of sp³-hybridized carbons (Fsp3) is 0.167. The van der Waals surface area contributed by atoms with Crippen LogP contribution in [0, 0.1) is 0 Å². The fourth-order valence-electron chi connectivity index (χ4n) is 1.98. The number of rotatable bonds is 5. The van der Waals surface area contributed by atoms with Crippen LogP contribution in [-0.4, -0.2) is 12.6 Å². The normalized spacial score (nSPS) is 11.5. The highest BCUT2D eigenvalue weighted by Crippen LogP contribution is 2.32. The second kappa shape index (κ2) is 8.71. The van der Waals surface area contributed by atoms with Crippen LogP contribution < -0.4 is 5.32 Å². The fourth-order valence-corrected chi connectivity index (χ4v) is 2.49. The summed E-state index contributed by atoms with van der Waals surface area (Å²) in [4.78, 5) is 11.5. The molecular weight excluding hydrogens is 399 g/mol. The molecule has 0 bridgehead atoms. The Kier molecular flexibility index (Phi) is 6.64. The molecule has 1 N–H and O–H groups in total. The van der Waals surface area contributed by atoms with E-state index in [1.165, 1.54) is 6.08 Å². The van der Waals surface area contributed by atoms with Crippen LogP contribution in [0.3, 0.4) is 0 Å². The van der Waals surface area contributed by atoms with Crippen molar-refractivity contribution < 1.29 is 22.7 Å². The first kappa shape index (κ1) is 19.1. The smallest absolute Gasteiger partial charge is 0.416 e. The summed E-state index contributed by atoms with van der Waals surface area (Å²) < 4.78 is 43.6. The molecule has 0 aliphatic rings. The molecule has 7 heteroatoms. The van der Waals surface area contributed by atoms with Gasteiger partial charge in [0, 0.05) is 11.0 Å². The van der Waals surface area contributed by atoms with E-state index in [9.17, 15) is 18.0 Å². The van der Waals surface area contributed by atoms with E-state index in [1.54, 1.807) is 12.1 Å². The van der Waals surface area contributed by atoms with Crippen molar-refractivity contribution in [3.63, 3.8) is 0 Å². The molecule has 3 nitrogen and oxygen atoms in total. The van der Waals surface area contributed by atoms with Crippen molar-refractivity contribution in [2.24, 2.45) is 0 Å². The van der Waals surface area contributed by atoms with Crippen molar-refractivity contribution in [1.82, 2.24) is 5.32 Å². The molecule has 2 rings (SSSR count). The van der Waals surface area contributed by atoms with E-state index in [1.807, 2.05) is 30.3 Å². The number of nitrogens with one attached hydrogen (secondary N) is 1. The highest BCUT2D eigenvalue weighted by atomic mass is 79.9. The van der Waals surface area contributed by atoms with Gasteiger partial charge in [-0.2, -0.15) is 13.2 Å². The summed E-state index contributed by atoms with van der Waals surface area (Å²) in [5.41, 5.74) is 0.500. The lowest BCUT2D eigenvalue weighted by Crippen LogP contribution is -2.24. The van der Waals surface area contributed by atoms with Crippen LogP contribution >= 0.6 is 15.9 Å². The standard InChI is InChI=1S/C18H15BrF3NO2/c19-16-10-14(9-15(11-16)18(20,21)22)7-4-8-23-17(24)25-12-13-5-2-1-3-6-13/h1-7,9-11H,8,12H2,(H,23,24). The Morgan fingerprint density at radius 1 is 1.16 bits per heavy atom. The molecule has 0 saturated carbocycles. The van der Waals surface area contributed by atoms with Gasteiger partial charge in [-0.1, -0.05) is 58.4 Å². The summed E-state index contributed by atoms with van der Waals surface area (Å²) in [6, 6.07) is 12.8. The van der Waals surface area contributed by atoms with Crippen molar-refractivity contribution in [2.75, 3.05) is 6.54 Å². The quantitative estimate of drug-likeness (QED) is 0.711. The number of amides is 1. The average Bonchev–Trinajstić information content (AvgIpc) is 2.56. The molecule has 132 valence electrons. The minimum atomic E-state index is -4.41. The molecule has 1 amide bonds. The van der Waals surface area contributed by atoms with Crippen LogP contribution in [0.25, 0.3) is 6.08 Å². The van der Waals surface area contributed by atoms with Gasteiger partial charge < -0.3 is 10.1 Å².